The number of para-hydroxylation sites is 1. The highest BCUT2D eigenvalue weighted by molar-refractivity contribution is 5.94. The van der Waals surface area contributed by atoms with Gasteiger partial charge in [0.05, 0.1) is 0 Å². The van der Waals surface area contributed by atoms with Crippen LogP contribution < -0.4 is 10.6 Å². The molecule has 2 N–H and O–H groups in total. The summed E-state index contributed by atoms with van der Waals surface area (Å²) >= 11 is 0. The van der Waals surface area contributed by atoms with Crippen molar-refractivity contribution in [1.82, 2.24) is 5.32 Å². The summed E-state index contributed by atoms with van der Waals surface area (Å²) in [6, 6.07) is 14.2. The lowest BCUT2D eigenvalue weighted by Crippen LogP contribution is -2.46. The minimum absolute atomic E-state index is 0.0987. The van der Waals surface area contributed by atoms with Crippen LogP contribution in [0.15, 0.2) is 54.6 Å². The van der Waals surface area contributed by atoms with E-state index in [4.69, 9.17) is 0 Å². The molecule has 0 bridgehead atoms. The molecule has 132 valence electrons. The maximum atomic E-state index is 13.4. The number of hydrogen-bond acceptors (Lipinski definition) is 2. The first-order valence-corrected chi connectivity index (χ1v) is 8.16. The second-order valence-corrected chi connectivity index (χ2v) is 6.23. The van der Waals surface area contributed by atoms with E-state index >= 15 is 0 Å². The van der Waals surface area contributed by atoms with Crippen molar-refractivity contribution in [3.63, 3.8) is 0 Å². The van der Waals surface area contributed by atoms with Gasteiger partial charge in [-0.25, -0.2) is 0 Å². The highest BCUT2D eigenvalue weighted by Gasteiger charge is 2.40. The summed E-state index contributed by atoms with van der Waals surface area (Å²) in [4.78, 5) is 11.8. The summed E-state index contributed by atoms with van der Waals surface area (Å²) < 4.78 is 40.2. The Morgan fingerprint density at radius 2 is 1.76 bits per heavy atom. The molecule has 6 heteroatoms. The quantitative estimate of drug-likeness (QED) is 0.861. The number of anilines is 1. The Labute approximate surface area is 144 Å². The first kappa shape index (κ1) is 17.5. The standard InChI is InChI=1S/C19H19F3N2O/c20-19(21,22)17(10-13-6-2-1-3-7-13)23-12-14-11-18(25)24-16-9-5-4-8-15(14)16/h1-9,14,17,23H,10-12H2,(H,24,25)/t14-,17+/m1/s1. The molecule has 0 saturated carbocycles. The summed E-state index contributed by atoms with van der Waals surface area (Å²) in [5.74, 6) is -0.442. The molecule has 0 aromatic heterocycles. The Bertz CT molecular complexity index is 731. The van der Waals surface area contributed by atoms with Gasteiger partial charge in [-0.05, 0) is 23.6 Å². The second-order valence-electron chi connectivity index (χ2n) is 6.23. The van der Waals surface area contributed by atoms with Crippen LogP contribution in [0.3, 0.4) is 0 Å². The SMILES string of the molecule is O=C1C[C@H](CN[C@@H](Cc2ccccc2)C(F)(F)F)c2ccccc2N1. The summed E-state index contributed by atoms with van der Waals surface area (Å²) in [6.45, 7) is 0.0987. The minimum atomic E-state index is -4.35. The number of carbonyl (C=O) groups is 1. The summed E-state index contributed by atoms with van der Waals surface area (Å²) in [5.41, 5.74) is 2.17. The van der Waals surface area contributed by atoms with E-state index in [1.165, 1.54) is 0 Å². The predicted molar refractivity (Wildman–Crippen MR) is 90.4 cm³/mol. The fourth-order valence-corrected chi connectivity index (χ4v) is 3.12. The Balaban J connectivity index is 1.72. The van der Waals surface area contributed by atoms with Gasteiger partial charge in [-0.2, -0.15) is 13.2 Å². The number of benzene rings is 2. The van der Waals surface area contributed by atoms with Crippen LogP contribution >= 0.6 is 0 Å². The van der Waals surface area contributed by atoms with Crippen LogP contribution in [0, 0.1) is 0 Å². The Hall–Kier alpha value is -2.34. The molecule has 1 aliphatic heterocycles. The molecule has 0 unspecified atom stereocenters. The minimum Gasteiger partial charge on any atom is -0.326 e. The number of amides is 1. The van der Waals surface area contributed by atoms with E-state index in [0.29, 0.717) is 11.3 Å². The predicted octanol–water partition coefficient (Wildman–Crippen LogP) is 3.88. The zero-order valence-corrected chi connectivity index (χ0v) is 13.5. The van der Waals surface area contributed by atoms with Crippen LogP contribution in [0.2, 0.25) is 0 Å². The summed E-state index contributed by atoms with van der Waals surface area (Å²) in [5, 5.41) is 5.39. The van der Waals surface area contributed by atoms with E-state index in [1.54, 1.807) is 42.5 Å². The monoisotopic (exact) mass is 348 g/mol. The number of halogens is 3. The average Bonchev–Trinajstić information content (AvgIpc) is 2.58. The van der Waals surface area contributed by atoms with E-state index in [1.807, 2.05) is 12.1 Å². The average molecular weight is 348 g/mol. The molecule has 2 atom stereocenters. The smallest absolute Gasteiger partial charge is 0.326 e. The number of fused-ring (bicyclic) bond motifs is 1. The molecule has 0 spiro atoms. The normalized spacial score (nSPS) is 18.4. The van der Waals surface area contributed by atoms with E-state index in [-0.39, 0.29) is 31.2 Å². The summed E-state index contributed by atoms with van der Waals surface area (Å²) in [7, 11) is 0. The van der Waals surface area contributed by atoms with Crippen molar-refractivity contribution in [1.29, 1.82) is 0 Å². The molecular weight excluding hydrogens is 329 g/mol. The third kappa shape index (κ3) is 4.39. The Kier molecular flexibility index (Phi) is 5.08. The van der Waals surface area contributed by atoms with Crippen LogP contribution in [-0.4, -0.2) is 24.7 Å². The van der Waals surface area contributed by atoms with Gasteiger partial charge in [-0.3, -0.25) is 4.79 Å². The molecule has 25 heavy (non-hydrogen) atoms. The molecule has 0 saturated heterocycles. The van der Waals surface area contributed by atoms with Gasteiger partial charge in [0.15, 0.2) is 0 Å². The molecule has 1 aliphatic rings. The molecule has 1 amide bonds. The molecule has 2 aromatic rings. The largest absolute Gasteiger partial charge is 0.404 e. The molecule has 0 radical (unpaired) electrons. The van der Waals surface area contributed by atoms with Crippen molar-refractivity contribution in [2.45, 2.75) is 31.0 Å². The van der Waals surface area contributed by atoms with Crippen molar-refractivity contribution < 1.29 is 18.0 Å². The second kappa shape index (κ2) is 7.27. The van der Waals surface area contributed by atoms with Crippen LogP contribution in [-0.2, 0) is 11.2 Å². The molecule has 0 fully saturated rings. The number of alkyl halides is 3. The van der Waals surface area contributed by atoms with Crippen LogP contribution in [0.1, 0.15) is 23.5 Å². The van der Waals surface area contributed by atoms with Gasteiger partial charge >= 0.3 is 6.18 Å². The third-order valence-electron chi connectivity index (χ3n) is 4.39. The third-order valence-corrected chi connectivity index (χ3v) is 4.39. The zero-order chi connectivity index (χ0) is 17.9. The number of rotatable bonds is 5. The van der Waals surface area contributed by atoms with Gasteiger partial charge in [0, 0.05) is 24.6 Å². The van der Waals surface area contributed by atoms with Crippen LogP contribution in [0.4, 0.5) is 18.9 Å². The van der Waals surface area contributed by atoms with Gasteiger partial charge in [-0.15, -0.1) is 0 Å². The highest BCUT2D eigenvalue weighted by atomic mass is 19.4. The maximum Gasteiger partial charge on any atom is 0.404 e. The molecule has 2 aromatic carbocycles. The number of nitrogens with one attached hydrogen (secondary N) is 2. The first-order valence-electron chi connectivity index (χ1n) is 8.16. The van der Waals surface area contributed by atoms with Crippen molar-refractivity contribution >= 4 is 11.6 Å². The van der Waals surface area contributed by atoms with Crippen molar-refractivity contribution in [2.24, 2.45) is 0 Å². The highest BCUT2D eigenvalue weighted by Crippen LogP contribution is 2.32. The number of carbonyl (C=O) groups excluding carboxylic acids is 1. The number of hydrogen-bond donors (Lipinski definition) is 2. The van der Waals surface area contributed by atoms with Crippen LogP contribution in [0.5, 0.6) is 0 Å². The van der Waals surface area contributed by atoms with Crippen LogP contribution in [0.25, 0.3) is 0 Å². The first-order chi connectivity index (χ1) is 11.9. The van der Waals surface area contributed by atoms with Gasteiger partial charge in [0.1, 0.15) is 6.04 Å². The van der Waals surface area contributed by atoms with E-state index in [2.05, 4.69) is 10.6 Å². The topological polar surface area (TPSA) is 41.1 Å². The zero-order valence-electron chi connectivity index (χ0n) is 13.5. The van der Waals surface area contributed by atoms with Gasteiger partial charge in [0.2, 0.25) is 5.91 Å². The van der Waals surface area contributed by atoms with E-state index in [0.717, 1.165) is 5.56 Å². The lowest BCUT2D eigenvalue weighted by molar-refractivity contribution is -0.155. The summed E-state index contributed by atoms with van der Waals surface area (Å²) in [6.07, 6.45) is -4.31. The fraction of sp³-hybridized carbons (Fsp3) is 0.316. The molecular formula is C19H19F3N2O. The van der Waals surface area contributed by atoms with Gasteiger partial charge in [-0.1, -0.05) is 48.5 Å². The molecule has 1 heterocycles. The fourth-order valence-electron chi connectivity index (χ4n) is 3.12. The molecule has 3 nitrogen and oxygen atoms in total. The lowest BCUT2D eigenvalue weighted by Gasteiger charge is -2.29. The van der Waals surface area contributed by atoms with E-state index in [9.17, 15) is 18.0 Å². The lowest BCUT2D eigenvalue weighted by atomic mass is 9.90. The van der Waals surface area contributed by atoms with Crippen molar-refractivity contribution in [2.75, 3.05) is 11.9 Å². The maximum absolute atomic E-state index is 13.4. The van der Waals surface area contributed by atoms with Crippen molar-refractivity contribution in [3.05, 3.63) is 65.7 Å². The van der Waals surface area contributed by atoms with E-state index < -0.39 is 12.2 Å². The van der Waals surface area contributed by atoms with Crippen molar-refractivity contribution in [3.8, 4) is 0 Å². The van der Waals surface area contributed by atoms with Gasteiger partial charge in [0.25, 0.3) is 0 Å². The molecule has 0 aliphatic carbocycles. The molecule has 3 rings (SSSR count). The van der Waals surface area contributed by atoms with Gasteiger partial charge < -0.3 is 10.6 Å². The Morgan fingerprint density at radius 3 is 2.48 bits per heavy atom. The Morgan fingerprint density at radius 1 is 1.08 bits per heavy atom.